The molecule has 31 heavy (non-hydrogen) atoms. The monoisotopic (exact) mass is 419 g/mol. The summed E-state index contributed by atoms with van der Waals surface area (Å²) in [6, 6.07) is 14.4. The average Bonchev–Trinajstić information content (AvgIpc) is 3.10. The summed E-state index contributed by atoms with van der Waals surface area (Å²) < 4.78 is 8.38. The van der Waals surface area contributed by atoms with Gasteiger partial charge in [-0.1, -0.05) is 37.3 Å². The molecule has 0 unspecified atom stereocenters. The molecule has 5 heteroatoms. The average molecular weight is 420 g/mol. The van der Waals surface area contributed by atoms with E-state index < -0.39 is 0 Å². The van der Waals surface area contributed by atoms with Crippen LogP contribution in [-0.4, -0.2) is 28.6 Å². The van der Waals surface area contributed by atoms with Crippen molar-refractivity contribution in [2.45, 2.75) is 53.0 Å². The molecule has 3 aromatic rings. The highest BCUT2D eigenvalue weighted by atomic mass is 16.5. The molecule has 0 aliphatic heterocycles. The predicted octanol–water partition coefficient (Wildman–Crippen LogP) is 5.14. The molecule has 0 saturated heterocycles. The second-order valence-electron chi connectivity index (χ2n) is 8.06. The van der Waals surface area contributed by atoms with Crippen LogP contribution >= 0.6 is 0 Å². The number of para-hydroxylation sites is 2. The number of carbonyl (C=O) groups excluding carboxylic acids is 1. The number of unbranched alkanes of at least 4 members (excludes halogenated alkanes) is 2. The van der Waals surface area contributed by atoms with Gasteiger partial charge in [-0.3, -0.25) is 4.79 Å². The van der Waals surface area contributed by atoms with Gasteiger partial charge in [0, 0.05) is 18.5 Å². The topological polar surface area (TPSA) is 56.2 Å². The summed E-state index contributed by atoms with van der Waals surface area (Å²) in [6.45, 7) is 11.6. The lowest BCUT2D eigenvalue weighted by atomic mass is 10.1. The number of hydrogen-bond acceptors (Lipinski definition) is 3. The zero-order valence-corrected chi connectivity index (χ0v) is 18.9. The lowest BCUT2D eigenvalue weighted by Gasteiger charge is -2.13. The fraction of sp³-hybridized carbons (Fsp3) is 0.385. The second kappa shape index (κ2) is 10.8. The molecule has 1 aromatic heterocycles. The van der Waals surface area contributed by atoms with Gasteiger partial charge in [-0.2, -0.15) is 0 Å². The van der Waals surface area contributed by atoms with Crippen molar-refractivity contribution in [2.24, 2.45) is 0 Å². The van der Waals surface area contributed by atoms with Crippen molar-refractivity contribution < 1.29 is 9.53 Å². The molecule has 0 saturated carbocycles. The summed E-state index contributed by atoms with van der Waals surface area (Å²) in [5.41, 5.74) is 5.16. The molecule has 0 radical (unpaired) electrons. The van der Waals surface area contributed by atoms with Crippen molar-refractivity contribution in [1.82, 2.24) is 14.9 Å². The molecule has 164 valence electrons. The van der Waals surface area contributed by atoms with Crippen molar-refractivity contribution in [1.29, 1.82) is 0 Å². The summed E-state index contributed by atoms with van der Waals surface area (Å²) >= 11 is 0. The molecule has 0 aliphatic carbocycles. The van der Waals surface area contributed by atoms with Gasteiger partial charge in [-0.25, -0.2) is 4.98 Å². The molecule has 3 rings (SSSR count). The maximum Gasteiger partial charge on any atom is 0.246 e. The van der Waals surface area contributed by atoms with Crippen molar-refractivity contribution in [2.75, 3.05) is 13.2 Å². The number of carbonyl (C=O) groups is 1. The van der Waals surface area contributed by atoms with E-state index in [1.807, 2.05) is 18.2 Å². The third-order valence-corrected chi connectivity index (χ3v) is 5.61. The standard InChI is InChI=1S/C26H33N3O2/c1-19(2)26(30)27-16-9-5-6-15-25-28-22-12-7-8-13-23(22)29(25)17-18-31-24-14-10-11-20(3)21(24)4/h7-8,10-14H,1,5-6,9,15-18H2,2-4H3,(H,27,30). The minimum atomic E-state index is -0.0642. The van der Waals surface area contributed by atoms with Crippen LogP contribution in [0.15, 0.2) is 54.6 Å². The van der Waals surface area contributed by atoms with E-state index in [1.165, 1.54) is 11.1 Å². The van der Waals surface area contributed by atoms with Crippen LogP contribution in [0.25, 0.3) is 11.0 Å². The molecule has 0 spiro atoms. The number of benzene rings is 2. The third-order valence-electron chi connectivity index (χ3n) is 5.61. The largest absolute Gasteiger partial charge is 0.491 e. The molecule has 0 atom stereocenters. The Labute approximate surface area is 185 Å². The fourth-order valence-corrected chi connectivity index (χ4v) is 3.63. The molecule has 0 bridgehead atoms. The van der Waals surface area contributed by atoms with E-state index >= 15 is 0 Å². The first-order valence-corrected chi connectivity index (χ1v) is 11.0. The van der Waals surface area contributed by atoms with Gasteiger partial charge in [0.1, 0.15) is 18.2 Å². The Bertz CT molecular complexity index is 1050. The molecule has 0 aliphatic rings. The Morgan fingerprint density at radius 2 is 1.90 bits per heavy atom. The summed E-state index contributed by atoms with van der Waals surface area (Å²) in [5, 5.41) is 2.89. The van der Waals surface area contributed by atoms with Crippen LogP contribution in [0.4, 0.5) is 0 Å². The van der Waals surface area contributed by atoms with Gasteiger partial charge in [0.2, 0.25) is 5.91 Å². The fourth-order valence-electron chi connectivity index (χ4n) is 3.63. The quantitative estimate of drug-likeness (QED) is 0.346. The van der Waals surface area contributed by atoms with E-state index in [2.05, 4.69) is 54.6 Å². The highest BCUT2D eigenvalue weighted by molar-refractivity contribution is 5.92. The molecule has 0 fully saturated rings. The maximum atomic E-state index is 11.5. The number of fused-ring (bicyclic) bond motifs is 1. The van der Waals surface area contributed by atoms with Gasteiger partial charge in [0.25, 0.3) is 0 Å². The second-order valence-corrected chi connectivity index (χ2v) is 8.06. The lowest BCUT2D eigenvalue weighted by Crippen LogP contribution is -2.24. The highest BCUT2D eigenvalue weighted by Gasteiger charge is 2.11. The summed E-state index contributed by atoms with van der Waals surface area (Å²) in [6.07, 6.45) is 3.93. The van der Waals surface area contributed by atoms with E-state index in [4.69, 9.17) is 9.72 Å². The summed E-state index contributed by atoms with van der Waals surface area (Å²) in [7, 11) is 0. The van der Waals surface area contributed by atoms with Gasteiger partial charge in [0.05, 0.1) is 17.6 Å². The van der Waals surface area contributed by atoms with Crippen LogP contribution in [0.3, 0.4) is 0 Å². The molecule has 1 heterocycles. The molecular weight excluding hydrogens is 386 g/mol. The summed E-state index contributed by atoms with van der Waals surface area (Å²) in [4.78, 5) is 16.4. The third kappa shape index (κ3) is 5.97. The van der Waals surface area contributed by atoms with Crippen molar-refractivity contribution >= 4 is 16.9 Å². The van der Waals surface area contributed by atoms with Gasteiger partial charge in [-0.05, 0) is 62.9 Å². The van der Waals surface area contributed by atoms with Crippen LogP contribution in [0.5, 0.6) is 5.75 Å². The van der Waals surface area contributed by atoms with Crippen LogP contribution < -0.4 is 10.1 Å². The van der Waals surface area contributed by atoms with Gasteiger partial charge < -0.3 is 14.6 Å². The predicted molar refractivity (Wildman–Crippen MR) is 127 cm³/mol. The van der Waals surface area contributed by atoms with E-state index in [-0.39, 0.29) is 5.91 Å². The smallest absolute Gasteiger partial charge is 0.246 e. The first-order valence-electron chi connectivity index (χ1n) is 11.0. The van der Waals surface area contributed by atoms with E-state index in [0.717, 1.165) is 54.8 Å². The van der Waals surface area contributed by atoms with Gasteiger partial charge in [0.15, 0.2) is 0 Å². The number of aromatic nitrogens is 2. The van der Waals surface area contributed by atoms with Gasteiger partial charge in [-0.15, -0.1) is 0 Å². The number of amides is 1. The lowest BCUT2D eigenvalue weighted by molar-refractivity contribution is -0.117. The normalized spacial score (nSPS) is 10.9. The van der Waals surface area contributed by atoms with E-state index in [0.29, 0.717) is 18.7 Å². The first-order chi connectivity index (χ1) is 15.0. The van der Waals surface area contributed by atoms with Crippen molar-refractivity contribution in [3.05, 3.63) is 71.6 Å². The zero-order valence-electron chi connectivity index (χ0n) is 18.9. The Hall–Kier alpha value is -3.08. The number of aryl methyl sites for hydroxylation is 2. The number of hydrogen-bond donors (Lipinski definition) is 1. The number of nitrogens with one attached hydrogen (secondary N) is 1. The van der Waals surface area contributed by atoms with Gasteiger partial charge >= 0.3 is 0 Å². The number of nitrogens with zero attached hydrogens (tertiary/aromatic N) is 2. The van der Waals surface area contributed by atoms with E-state index in [9.17, 15) is 4.79 Å². The number of imidazole rings is 1. The molecule has 1 N–H and O–H groups in total. The SMILES string of the molecule is C=C(C)C(=O)NCCCCCc1nc2ccccc2n1CCOc1cccc(C)c1C. The van der Waals surface area contributed by atoms with Crippen LogP contribution in [0, 0.1) is 13.8 Å². The zero-order chi connectivity index (χ0) is 22.2. The van der Waals surface area contributed by atoms with Crippen LogP contribution in [0.1, 0.15) is 43.1 Å². The molecule has 1 amide bonds. The van der Waals surface area contributed by atoms with Crippen molar-refractivity contribution in [3.8, 4) is 5.75 Å². The Morgan fingerprint density at radius 1 is 1.10 bits per heavy atom. The molecular formula is C26H33N3O2. The summed E-state index contributed by atoms with van der Waals surface area (Å²) in [5.74, 6) is 1.98. The van der Waals surface area contributed by atoms with Crippen molar-refractivity contribution in [3.63, 3.8) is 0 Å². The number of ether oxygens (including phenoxy) is 1. The maximum absolute atomic E-state index is 11.5. The van der Waals surface area contributed by atoms with E-state index in [1.54, 1.807) is 6.92 Å². The Kier molecular flexibility index (Phi) is 7.88. The Morgan fingerprint density at radius 3 is 2.71 bits per heavy atom. The molecule has 2 aromatic carbocycles. The van der Waals surface area contributed by atoms with Crippen LogP contribution in [0.2, 0.25) is 0 Å². The minimum absolute atomic E-state index is 0.0642. The first kappa shape index (κ1) is 22.6. The highest BCUT2D eigenvalue weighted by Crippen LogP contribution is 2.22. The van der Waals surface area contributed by atoms with Crippen LogP contribution in [-0.2, 0) is 17.8 Å². The number of rotatable bonds is 11. The minimum Gasteiger partial charge on any atom is -0.491 e. The molecule has 5 nitrogen and oxygen atoms in total. The Balaban J connectivity index is 1.57.